The predicted molar refractivity (Wildman–Crippen MR) is 109 cm³/mol. The highest BCUT2D eigenvalue weighted by atomic mass is 19.3. The summed E-state index contributed by atoms with van der Waals surface area (Å²) in [5.74, 6) is -5.46. The molecule has 2 fully saturated rings. The van der Waals surface area contributed by atoms with Crippen LogP contribution in [0, 0.1) is 5.41 Å². The number of alkyl halides is 4. The summed E-state index contributed by atoms with van der Waals surface area (Å²) >= 11 is 0. The summed E-state index contributed by atoms with van der Waals surface area (Å²) in [6, 6.07) is 4.18. The van der Waals surface area contributed by atoms with Crippen molar-refractivity contribution in [2.75, 3.05) is 6.61 Å². The van der Waals surface area contributed by atoms with Crippen LogP contribution < -0.4 is 20.5 Å². The van der Waals surface area contributed by atoms with Crippen LogP contribution in [0.15, 0.2) is 24.4 Å². The normalized spacial score (nSPS) is 23.8. The number of primary amides is 1. The second kappa shape index (κ2) is 8.76. The first-order chi connectivity index (χ1) is 16.0. The van der Waals surface area contributed by atoms with E-state index >= 15 is 0 Å². The Hall–Kier alpha value is -3.38. The van der Waals surface area contributed by atoms with Gasteiger partial charge in [0.05, 0.1) is 0 Å². The van der Waals surface area contributed by atoms with E-state index in [1.54, 1.807) is 12.1 Å². The molecule has 34 heavy (non-hydrogen) atoms. The number of aromatic nitrogens is 3. The van der Waals surface area contributed by atoms with Gasteiger partial charge in [-0.05, 0) is 43.2 Å². The summed E-state index contributed by atoms with van der Waals surface area (Å²) in [4.78, 5) is 28.0. The Morgan fingerprint density at radius 3 is 2.68 bits per heavy atom. The Labute approximate surface area is 191 Å². The first-order valence-corrected chi connectivity index (χ1v) is 10.5. The van der Waals surface area contributed by atoms with Crippen LogP contribution in [0.25, 0.3) is 0 Å². The average Bonchev–Trinajstić information content (AvgIpc) is 3.10. The molecule has 184 valence electrons. The first kappa shape index (κ1) is 23.8. The van der Waals surface area contributed by atoms with Crippen LogP contribution in [0.1, 0.15) is 46.5 Å². The van der Waals surface area contributed by atoms with Gasteiger partial charge in [0.2, 0.25) is 11.8 Å². The Balaban J connectivity index is 1.24. The van der Waals surface area contributed by atoms with Crippen molar-refractivity contribution in [1.82, 2.24) is 20.1 Å². The quantitative estimate of drug-likeness (QED) is 0.526. The molecule has 13 heteroatoms. The van der Waals surface area contributed by atoms with Gasteiger partial charge in [0, 0.05) is 25.4 Å². The number of pyridine rings is 1. The van der Waals surface area contributed by atoms with Crippen LogP contribution >= 0.6 is 0 Å². The van der Waals surface area contributed by atoms with Crippen LogP contribution in [0.5, 0.6) is 11.8 Å². The Morgan fingerprint density at radius 2 is 2.03 bits per heavy atom. The van der Waals surface area contributed by atoms with E-state index in [0.717, 1.165) is 36.4 Å². The third-order valence-electron chi connectivity index (χ3n) is 6.13. The smallest absolute Gasteiger partial charge is 0.340 e. The van der Waals surface area contributed by atoms with Gasteiger partial charge in [0.25, 0.3) is 11.8 Å². The minimum Gasteiger partial charge on any atom is -0.474 e. The lowest BCUT2D eigenvalue weighted by Crippen LogP contribution is -2.58. The fraction of sp³-hybridized carbons (Fsp3) is 0.524. The lowest BCUT2D eigenvalue weighted by molar-refractivity contribution is -0.149. The zero-order valence-electron chi connectivity index (χ0n) is 18.1. The van der Waals surface area contributed by atoms with E-state index < -0.39 is 30.8 Å². The molecule has 0 aliphatic heterocycles. The molecule has 2 heterocycles. The van der Waals surface area contributed by atoms with Crippen molar-refractivity contribution in [2.45, 2.75) is 50.2 Å². The number of nitrogens with one attached hydrogen (secondary N) is 1. The summed E-state index contributed by atoms with van der Waals surface area (Å²) in [5.41, 5.74) is 5.52. The molecule has 0 unspecified atom stereocenters. The minimum absolute atomic E-state index is 0.0313. The second-order valence-electron chi connectivity index (χ2n) is 8.79. The number of nitrogens with zero attached hydrogens (tertiary/aromatic N) is 3. The van der Waals surface area contributed by atoms with Crippen molar-refractivity contribution in [1.29, 1.82) is 0 Å². The summed E-state index contributed by atoms with van der Waals surface area (Å²) in [6.45, 7) is -1.53. The zero-order chi connectivity index (χ0) is 24.7. The van der Waals surface area contributed by atoms with E-state index in [1.807, 2.05) is 0 Å². The number of carbonyl (C=O) groups is 2. The Kier molecular flexibility index (Phi) is 6.13. The molecule has 3 N–H and O–H groups in total. The third kappa shape index (κ3) is 4.77. The minimum atomic E-state index is -4.31. The van der Waals surface area contributed by atoms with Gasteiger partial charge in [-0.3, -0.25) is 9.59 Å². The maximum atomic E-state index is 13.1. The van der Waals surface area contributed by atoms with Crippen LogP contribution in [0.2, 0.25) is 0 Å². The molecule has 0 atom stereocenters. The van der Waals surface area contributed by atoms with Gasteiger partial charge in [-0.15, -0.1) is 0 Å². The number of amides is 2. The van der Waals surface area contributed by atoms with E-state index in [-0.39, 0.29) is 40.6 Å². The standard InChI is InChI=1S/C21H23F4N5O4/c1-30-15(33-10-21(24,25)19(22)23)5-14(29-30)17(32)28-11-6-20(7-11)8-12(9-20)34-18-13(16(26)31)3-2-4-27-18/h2-5,11-12,19H,6-10H2,1H3,(H2,26,31)(H,28,32). The zero-order valence-corrected chi connectivity index (χ0v) is 18.1. The molecule has 1 spiro atoms. The van der Waals surface area contributed by atoms with Gasteiger partial charge in [-0.2, -0.15) is 13.9 Å². The van der Waals surface area contributed by atoms with E-state index in [4.69, 9.17) is 15.2 Å². The molecular formula is C21H23F4N5O4. The Bertz CT molecular complexity index is 1080. The van der Waals surface area contributed by atoms with E-state index in [9.17, 15) is 27.2 Å². The SMILES string of the molecule is Cn1nc(C(=O)NC2CC3(C2)CC(Oc2ncccc2C(N)=O)C3)cc1OCC(F)(F)C(F)F. The fourth-order valence-electron chi connectivity index (χ4n) is 4.43. The molecule has 2 aliphatic rings. The van der Waals surface area contributed by atoms with E-state index in [0.29, 0.717) is 0 Å². The van der Waals surface area contributed by atoms with Gasteiger partial charge < -0.3 is 20.5 Å². The number of ether oxygens (including phenoxy) is 2. The van der Waals surface area contributed by atoms with Crippen LogP contribution in [-0.4, -0.2) is 57.7 Å². The van der Waals surface area contributed by atoms with Gasteiger partial charge in [0.1, 0.15) is 11.7 Å². The van der Waals surface area contributed by atoms with Gasteiger partial charge >= 0.3 is 12.3 Å². The van der Waals surface area contributed by atoms with Gasteiger partial charge in [0.15, 0.2) is 12.3 Å². The van der Waals surface area contributed by atoms with Gasteiger partial charge in [-0.25, -0.2) is 18.4 Å². The lowest BCUT2D eigenvalue weighted by atomic mass is 9.53. The molecule has 4 rings (SSSR count). The Morgan fingerprint density at radius 1 is 1.32 bits per heavy atom. The van der Waals surface area contributed by atoms with Crippen molar-refractivity contribution >= 4 is 11.8 Å². The molecule has 0 radical (unpaired) electrons. The molecule has 0 saturated heterocycles. The lowest BCUT2D eigenvalue weighted by Gasteiger charge is -2.57. The van der Waals surface area contributed by atoms with E-state index in [2.05, 4.69) is 15.4 Å². The third-order valence-corrected chi connectivity index (χ3v) is 6.13. The topological polar surface area (TPSA) is 121 Å². The molecule has 2 aliphatic carbocycles. The molecule has 2 aromatic heterocycles. The molecule has 2 amide bonds. The van der Waals surface area contributed by atoms with Crippen LogP contribution in [-0.2, 0) is 7.05 Å². The maximum Gasteiger partial charge on any atom is 0.340 e. The van der Waals surface area contributed by atoms with Gasteiger partial charge in [-0.1, -0.05) is 0 Å². The number of carbonyl (C=O) groups excluding carboxylic acids is 2. The number of hydrogen-bond acceptors (Lipinski definition) is 6. The number of rotatable bonds is 9. The highest BCUT2D eigenvalue weighted by Crippen LogP contribution is 2.56. The second-order valence-corrected chi connectivity index (χ2v) is 8.79. The largest absolute Gasteiger partial charge is 0.474 e. The number of nitrogens with two attached hydrogens (primary N) is 1. The highest BCUT2D eigenvalue weighted by molar-refractivity contribution is 5.95. The number of aryl methyl sites for hydroxylation is 1. The average molecular weight is 485 g/mol. The first-order valence-electron chi connectivity index (χ1n) is 10.5. The summed E-state index contributed by atoms with van der Waals surface area (Å²) in [5, 5.41) is 6.72. The van der Waals surface area contributed by atoms with Crippen molar-refractivity contribution in [3.63, 3.8) is 0 Å². The summed E-state index contributed by atoms with van der Waals surface area (Å²) in [6.07, 6.45) is 0.485. The molecule has 0 aromatic carbocycles. The van der Waals surface area contributed by atoms with Crippen molar-refractivity contribution in [3.05, 3.63) is 35.7 Å². The molecule has 2 aromatic rings. The van der Waals surface area contributed by atoms with Crippen molar-refractivity contribution < 1.29 is 36.6 Å². The predicted octanol–water partition coefficient (Wildman–Crippen LogP) is 2.31. The monoisotopic (exact) mass is 485 g/mol. The molecule has 2 saturated carbocycles. The molecular weight excluding hydrogens is 462 g/mol. The number of hydrogen-bond donors (Lipinski definition) is 2. The van der Waals surface area contributed by atoms with Crippen LogP contribution in [0.4, 0.5) is 17.6 Å². The van der Waals surface area contributed by atoms with Crippen molar-refractivity contribution in [3.8, 4) is 11.8 Å². The molecule has 9 nitrogen and oxygen atoms in total. The molecule has 0 bridgehead atoms. The summed E-state index contributed by atoms with van der Waals surface area (Å²) < 4.78 is 62.2. The number of halogens is 4. The van der Waals surface area contributed by atoms with Crippen LogP contribution in [0.3, 0.4) is 0 Å². The van der Waals surface area contributed by atoms with Crippen molar-refractivity contribution in [2.24, 2.45) is 18.2 Å². The fourth-order valence-corrected chi connectivity index (χ4v) is 4.43. The summed E-state index contributed by atoms with van der Waals surface area (Å²) in [7, 11) is 1.35. The maximum absolute atomic E-state index is 13.1. The van der Waals surface area contributed by atoms with E-state index in [1.165, 1.54) is 13.2 Å². The highest BCUT2D eigenvalue weighted by Gasteiger charge is 2.54.